The van der Waals surface area contributed by atoms with Crippen molar-refractivity contribution in [3.05, 3.63) is 108 Å². The molecule has 1 fully saturated rings. The van der Waals surface area contributed by atoms with Crippen LogP contribution in [0.1, 0.15) is 23.6 Å². The van der Waals surface area contributed by atoms with Gasteiger partial charge in [0.05, 0.1) is 25.9 Å². The van der Waals surface area contributed by atoms with Gasteiger partial charge in [-0.1, -0.05) is 91.0 Å². The normalized spacial score (nSPS) is 25.5. The molecule has 0 aliphatic carbocycles. The smallest absolute Gasteiger partial charge is 0.192 e. The fourth-order valence-electron chi connectivity index (χ4n) is 3.80. The van der Waals surface area contributed by atoms with E-state index >= 15 is 4.39 Å². The molecule has 0 radical (unpaired) electrons. The van der Waals surface area contributed by atoms with E-state index in [0.717, 1.165) is 16.7 Å². The highest BCUT2D eigenvalue weighted by Crippen LogP contribution is 2.30. The van der Waals surface area contributed by atoms with E-state index in [-0.39, 0.29) is 13.2 Å². The third kappa shape index (κ3) is 6.02. The molecule has 0 N–H and O–H groups in total. The van der Waals surface area contributed by atoms with Crippen molar-refractivity contribution in [1.82, 2.24) is 0 Å². The van der Waals surface area contributed by atoms with Crippen LogP contribution in [0.15, 0.2) is 91.0 Å². The minimum Gasteiger partial charge on any atom is -0.368 e. The molecule has 168 valence electrons. The molecule has 0 bridgehead atoms. The van der Waals surface area contributed by atoms with Crippen LogP contribution in [0.5, 0.6) is 0 Å². The lowest BCUT2D eigenvalue weighted by Crippen LogP contribution is -2.57. The Hall–Kier alpha value is -2.57. The van der Waals surface area contributed by atoms with E-state index in [2.05, 4.69) is 0 Å². The monoisotopic (exact) mass is 436 g/mol. The minimum absolute atomic E-state index is 0.263. The van der Waals surface area contributed by atoms with Gasteiger partial charge in [-0.3, -0.25) is 0 Å². The number of rotatable bonds is 9. The molecule has 1 heterocycles. The summed E-state index contributed by atoms with van der Waals surface area (Å²) in [5.74, 6) is 0. The van der Waals surface area contributed by atoms with E-state index in [4.69, 9.17) is 18.9 Å². The van der Waals surface area contributed by atoms with E-state index in [1.807, 2.05) is 97.9 Å². The Morgan fingerprint density at radius 2 is 1.03 bits per heavy atom. The quantitative estimate of drug-likeness (QED) is 0.447. The van der Waals surface area contributed by atoms with Crippen molar-refractivity contribution in [1.29, 1.82) is 0 Å². The molecule has 0 spiro atoms. The molecule has 0 unspecified atom stereocenters. The van der Waals surface area contributed by atoms with Crippen LogP contribution in [0.4, 0.5) is 4.39 Å². The van der Waals surface area contributed by atoms with Gasteiger partial charge < -0.3 is 18.9 Å². The number of hydrogen-bond acceptors (Lipinski definition) is 4. The number of halogens is 1. The summed E-state index contributed by atoms with van der Waals surface area (Å²) in [6, 6.07) is 29.2. The SMILES string of the molecule is C[C@H]1O[C@H](OCc2ccccc2)[C@H](F)[C@@H](OCc2ccccc2)[C@H]1OCc1ccccc1. The molecule has 0 saturated carbocycles. The third-order valence-corrected chi connectivity index (χ3v) is 5.54. The van der Waals surface area contributed by atoms with E-state index in [1.54, 1.807) is 0 Å². The Morgan fingerprint density at radius 3 is 1.50 bits per heavy atom. The standard InChI is InChI=1S/C27H29FO4/c1-20-25(29-17-21-11-5-2-6-12-21)26(30-18-22-13-7-3-8-14-22)24(28)27(32-20)31-19-23-15-9-4-10-16-23/h2-16,20,24-27H,17-19H2,1H3/t20-,24-,25+,26-,27+/m1/s1. The minimum atomic E-state index is -1.49. The van der Waals surface area contributed by atoms with Crippen molar-refractivity contribution in [3.63, 3.8) is 0 Å². The first-order valence-electron chi connectivity index (χ1n) is 11.0. The Labute approximate surface area is 188 Å². The van der Waals surface area contributed by atoms with E-state index in [9.17, 15) is 0 Å². The number of ether oxygens (including phenoxy) is 4. The van der Waals surface area contributed by atoms with Gasteiger partial charge in [0.2, 0.25) is 0 Å². The lowest BCUT2D eigenvalue weighted by Gasteiger charge is -2.42. The Morgan fingerprint density at radius 1 is 0.625 bits per heavy atom. The zero-order valence-electron chi connectivity index (χ0n) is 18.2. The van der Waals surface area contributed by atoms with Crippen LogP contribution in [0, 0.1) is 0 Å². The van der Waals surface area contributed by atoms with Gasteiger partial charge in [-0.2, -0.15) is 0 Å². The highest BCUT2D eigenvalue weighted by molar-refractivity contribution is 5.15. The molecule has 4 nitrogen and oxygen atoms in total. The molecule has 1 aliphatic rings. The summed E-state index contributed by atoms with van der Waals surface area (Å²) >= 11 is 0. The molecule has 0 aromatic heterocycles. The first-order chi connectivity index (χ1) is 15.7. The molecule has 1 aliphatic heterocycles. The van der Waals surface area contributed by atoms with Gasteiger partial charge in [-0.05, 0) is 23.6 Å². The molecule has 1 saturated heterocycles. The summed E-state index contributed by atoms with van der Waals surface area (Å²) in [6.45, 7) is 2.78. The summed E-state index contributed by atoms with van der Waals surface area (Å²) in [5, 5.41) is 0. The average Bonchev–Trinajstić information content (AvgIpc) is 2.84. The van der Waals surface area contributed by atoms with Crippen LogP contribution >= 0.6 is 0 Å². The molecule has 3 aromatic carbocycles. The van der Waals surface area contributed by atoms with E-state index in [0.29, 0.717) is 6.61 Å². The van der Waals surface area contributed by atoms with Gasteiger partial charge in [0.25, 0.3) is 0 Å². The summed E-state index contributed by atoms with van der Waals surface area (Å²) in [6.07, 6.45) is -4.29. The summed E-state index contributed by atoms with van der Waals surface area (Å²) in [7, 11) is 0. The lowest BCUT2D eigenvalue weighted by atomic mass is 10.00. The van der Waals surface area contributed by atoms with Crippen molar-refractivity contribution in [3.8, 4) is 0 Å². The first kappa shape index (κ1) is 22.6. The Bertz CT molecular complexity index is 922. The maximum Gasteiger partial charge on any atom is 0.192 e. The predicted octanol–water partition coefficient (Wildman–Crippen LogP) is 5.46. The molecule has 5 heteroatoms. The Kier molecular flexibility index (Phi) is 8.02. The molecule has 3 aromatic rings. The number of benzene rings is 3. The van der Waals surface area contributed by atoms with Crippen molar-refractivity contribution in [2.75, 3.05) is 0 Å². The molecule has 4 rings (SSSR count). The van der Waals surface area contributed by atoms with Crippen molar-refractivity contribution in [2.45, 2.75) is 57.5 Å². The Balaban J connectivity index is 1.45. The highest BCUT2D eigenvalue weighted by atomic mass is 19.1. The summed E-state index contributed by atoms with van der Waals surface area (Å²) in [4.78, 5) is 0. The molecule has 32 heavy (non-hydrogen) atoms. The summed E-state index contributed by atoms with van der Waals surface area (Å²) < 4.78 is 39.5. The van der Waals surface area contributed by atoms with Gasteiger partial charge in [0.15, 0.2) is 12.5 Å². The van der Waals surface area contributed by atoms with Gasteiger partial charge >= 0.3 is 0 Å². The predicted molar refractivity (Wildman–Crippen MR) is 121 cm³/mol. The highest BCUT2D eigenvalue weighted by Gasteiger charge is 2.47. The second kappa shape index (κ2) is 11.3. The van der Waals surface area contributed by atoms with Gasteiger partial charge in [-0.15, -0.1) is 0 Å². The van der Waals surface area contributed by atoms with Crippen LogP contribution in [0.25, 0.3) is 0 Å². The zero-order chi connectivity index (χ0) is 22.2. The molecular weight excluding hydrogens is 407 g/mol. The second-order valence-corrected chi connectivity index (χ2v) is 7.97. The van der Waals surface area contributed by atoms with Crippen molar-refractivity contribution < 1.29 is 23.3 Å². The zero-order valence-corrected chi connectivity index (χ0v) is 18.2. The molecule has 0 amide bonds. The summed E-state index contributed by atoms with van der Waals surface area (Å²) in [5.41, 5.74) is 2.95. The third-order valence-electron chi connectivity index (χ3n) is 5.54. The second-order valence-electron chi connectivity index (χ2n) is 7.97. The van der Waals surface area contributed by atoms with Crippen LogP contribution in [-0.4, -0.2) is 30.8 Å². The van der Waals surface area contributed by atoms with E-state index < -0.39 is 30.8 Å². The first-order valence-corrected chi connectivity index (χ1v) is 11.0. The molecular formula is C27H29FO4. The van der Waals surface area contributed by atoms with Crippen molar-refractivity contribution in [2.24, 2.45) is 0 Å². The fourth-order valence-corrected chi connectivity index (χ4v) is 3.80. The van der Waals surface area contributed by atoms with Crippen LogP contribution in [-0.2, 0) is 38.8 Å². The van der Waals surface area contributed by atoms with Gasteiger partial charge in [0, 0.05) is 0 Å². The van der Waals surface area contributed by atoms with Crippen LogP contribution in [0.2, 0.25) is 0 Å². The van der Waals surface area contributed by atoms with E-state index in [1.165, 1.54) is 0 Å². The number of hydrogen-bond donors (Lipinski definition) is 0. The lowest BCUT2D eigenvalue weighted by molar-refractivity contribution is -0.298. The topological polar surface area (TPSA) is 36.9 Å². The largest absolute Gasteiger partial charge is 0.368 e. The van der Waals surface area contributed by atoms with Gasteiger partial charge in [0.1, 0.15) is 12.2 Å². The maximum absolute atomic E-state index is 15.6. The van der Waals surface area contributed by atoms with Crippen LogP contribution in [0.3, 0.4) is 0 Å². The van der Waals surface area contributed by atoms with Gasteiger partial charge in [-0.25, -0.2) is 4.39 Å². The van der Waals surface area contributed by atoms with Crippen LogP contribution < -0.4 is 0 Å². The maximum atomic E-state index is 15.6. The number of alkyl halides is 1. The van der Waals surface area contributed by atoms with Crippen molar-refractivity contribution >= 4 is 0 Å². The molecule has 5 atom stereocenters. The average molecular weight is 437 g/mol. The fraction of sp³-hybridized carbons (Fsp3) is 0.333.